The highest BCUT2D eigenvalue weighted by molar-refractivity contribution is 5.77. The maximum Gasteiger partial charge on any atom is 0.223 e. The third kappa shape index (κ3) is 2.68. The Labute approximate surface area is 108 Å². The predicted molar refractivity (Wildman–Crippen MR) is 66.2 cm³/mol. The highest BCUT2D eigenvalue weighted by atomic mass is 16.5. The zero-order chi connectivity index (χ0) is 13.2. The molecule has 0 bridgehead atoms. The quantitative estimate of drug-likeness (QED) is 0.757. The summed E-state index contributed by atoms with van der Waals surface area (Å²) >= 11 is 0. The van der Waals surface area contributed by atoms with Gasteiger partial charge in [-0.05, 0) is 26.2 Å². The van der Waals surface area contributed by atoms with E-state index < -0.39 is 5.60 Å². The SMILES string of the molecule is COC1(CC(=O)NCC2(O)CCOC2C)CCC1. The van der Waals surface area contributed by atoms with E-state index in [0.29, 0.717) is 19.4 Å². The zero-order valence-electron chi connectivity index (χ0n) is 11.2. The van der Waals surface area contributed by atoms with Gasteiger partial charge in [0, 0.05) is 26.7 Å². The standard InChI is InChI=1S/C13H23NO4/c1-10-13(16,6-7-18-10)9-14-11(15)8-12(17-2)4-3-5-12/h10,16H,3-9H2,1-2H3,(H,14,15). The Morgan fingerprint density at radius 1 is 1.50 bits per heavy atom. The van der Waals surface area contributed by atoms with Crippen LogP contribution in [-0.2, 0) is 14.3 Å². The minimum Gasteiger partial charge on any atom is -0.385 e. The van der Waals surface area contributed by atoms with Gasteiger partial charge in [0.2, 0.25) is 5.91 Å². The van der Waals surface area contributed by atoms with Crippen molar-refractivity contribution in [2.75, 3.05) is 20.3 Å². The lowest BCUT2D eigenvalue weighted by Gasteiger charge is -2.40. The Kier molecular flexibility index (Phi) is 3.94. The van der Waals surface area contributed by atoms with Crippen LogP contribution >= 0.6 is 0 Å². The molecule has 1 saturated heterocycles. The number of carbonyl (C=O) groups excluding carboxylic acids is 1. The Hall–Kier alpha value is -0.650. The molecule has 2 aliphatic rings. The number of nitrogens with one attached hydrogen (secondary N) is 1. The molecule has 0 aromatic rings. The van der Waals surface area contributed by atoms with Crippen LogP contribution in [0.3, 0.4) is 0 Å². The van der Waals surface area contributed by atoms with Crippen molar-refractivity contribution in [3.05, 3.63) is 0 Å². The maximum atomic E-state index is 11.9. The van der Waals surface area contributed by atoms with Crippen LogP contribution in [0.2, 0.25) is 0 Å². The number of ether oxygens (including phenoxy) is 2. The normalized spacial score (nSPS) is 34.1. The summed E-state index contributed by atoms with van der Waals surface area (Å²) in [5.74, 6) is -0.0518. The summed E-state index contributed by atoms with van der Waals surface area (Å²) in [5.41, 5.74) is -1.18. The van der Waals surface area contributed by atoms with Crippen molar-refractivity contribution in [2.45, 2.75) is 56.3 Å². The van der Waals surface area contributed by atoms with Crippen LogP contribution in [0.25, 0.3) is 0 Å². The first-order valence-electron chi connectivity index (χ1n) is 6.66. The monoisotopic (exact) mass is 257 g/mol. The van der Waals surface area contributed by atoms with E-state index in [1.165, 1.54) is 0 Å². The minimum atomic E-state index is -0.921. The van der Waals surface area contributed by atoms with Crippen molar-refractivity contribution < 1.29 is 19.4 Å². The lowest BCUT2D eigenvalue weighted by Crippen LogP contribution is -2.50. The van der Waals surface area contributed by atoms with Gasteiger partial charge >= 0.3 is 0 Å². The summed E-state index contributed by atoms with van der Waals surface area (Å²) in [4.78, 5) is 11.9. The molecule has 2 atom stereocenters. The molecule has 1 amide bonds. The third-order valence-corrected chi connectivity index (χ3v) is 4.43. The Bertz CT molecular complexity index is 311. The van der Waals surface area contributed by atoms with Crippen LogP contribution in [-0.4, -0.2) is 48.6 Å². The van der Waals surface area contributed by atoms with Gasteiger partial charge in [0.25, 0.3) is 0 Å². The van der Waals surface area contributed by atoms with Crippen molar-refractivity contribution >= 4 is 5.91 Å². The maximum absolute atomic E-state index is 11.9. The second kappa shape index (κ2) is 5.15. The number of hydrogen-bond donors (Lipinski definition) is 2. The van der Waals surface area contributed by atoms with Crippen LogP contribution in [0.5, 0.6) is 0 Å². The molecule has 5 nitrogen and oxygen atoms in total. The average molecular weight is 257 g/mol. The molecule has 2 unspecified atom stereocenters. The Morgan fingerprint density at radius 2 is 2.22 bits per heavy atom. The van der Waals surface area contributed by atoms with E-state index in [1.54, 1.807) is 7.11 Å². The summed E-state index contributed by atoms with van der Waals surface area (Å²) in [5, 5.41) is 13.1. The molecule has 0 radical (unpaired) electrons. The van der Waals surface area contributed by atoms with Gasteiger partial charge in [-0.25, -0.2) is 0 Å². The summed E-state index contributed by atoms with van der Waals surface area (Å²) in [7, 11) is 1.66. The molecule has 1 saturated carbocycles. The molecule has 2 fully saturated rings. The van der Waals surface area contributed by atoms with Crippen molar-refractivity contribution in [3.63, 3.8) is 0 Å². The highest BCUT2D eigenvalue weighted by Gasteiger charge is 2.42. The van der Waals surface area contributed by atoms with Crippen LogP contribution in [0.4, 0.5) is 0 Å². The van der Waals surface area contributed by atoms with E-state index >= 15 is 0 Å². The fourth-order valence-electron chi connectivity index (χ4n) is 2.63. The second-order valence-corrected chi connectivity index (χ2v) is 5.56. The topological polar surface area (TPSA) is 67.8 Å². The molecular weight excluding hydrogens is 234 g/mol. The molecule has 2 rings (SSSR count). The summed E-state index contributed by atoms with van der Waals surface area (Å²) in [6.07, 6.45) is 3.74. The Morgan fingerprint density at radius 3 is 2.67 bits per heavy atom. The fraction of sp³-hybridized carbons (Fsp3) is 0.923. The van der Waals surface area contributed by atoms with Gasteiger partial charge < -0.3 is 19.9 Å². The van der Waals surface area contributed by atoms with Gasteiger partial charge in [0.1, 0.15) is 5.60 Å². The molecule has 0 spiro atoms. The van der Waals surface area contributed by atoms with Gasteiger partial charge in [0.15, 0.2) is 0 Å². The summed E-state index contributed by atoms with van der Waals surface area (Å²) in [6.45, 7) is 2.64. The summed E-state index contributed by atoms with van der Waals surface area (Å²) in [6, 6.07) is 0. The van der Waals surface area contributed by atoms with E-state index in [0.717, 1.165) is 19.3 Å². The fourth-order valence-corrected chi connectivity index (χ4v) is 2.63. The number of amides is 1. The molecule has 5 heteroatoms. The molecule has 104 valence electrons. The molecule has 2 N–H and O–H groups in total. The number of rotatable bonds is 5. The van der Waals surface area contributed by atoms with Gasteiger partial charge in [-0.2, -0.15) is 0 Å². The first-order valence-corrected chi connectivity index (χ1v) is 6.66. The minimum absolute atomic E-state index is 0.0518. The van der Waals surface area contributed by atoms with E-state index in [1.807, 2.05) is 6.92 Å². The van der Waals surface area contributed by atoms with E-state index in [2.05, 4.69) is 5.32 Å². The van der Waals surface area contributed by atoms with Gasteiger partial charge in [0.05, 0.1) is 18.1 Å². The van der Waals surface area contributed by atoms with Crippen LogP contribution in [0.15, 0.2) is 0 Å². The van der Waals surface area contributed by atoms with Gasteiger partial charge in [-0.1, -0.05) is 0 Å². The smallest absolute Gasteiger partial charge is 0.223 e. The van der Waals surface area contributed by atoms with Crippen molar-refractivity contribution in [3.8, 4) is 0 Å². The van der Waals surface area contributed by atoms with E-state index in [4.69, 9.17) is 9.47 Å². The van der Waals surface area contributed by atoms with Gasteiger partial charge in [-0.3, -0.25) is 4.79 Å². The first-order chi connectivity index (χ1) is 8.50. The van der Waals surface area contributed by atoms with Crippen molar-refractivity contribution in [2.24, 2.45) is 0 Å². The number of aliphatic hydroxyl groups is 1. The zero-order valence-corrected chi connectivity index (χ0v) is 11.2. The first kappa shape index (κ1) is 13.8. The molecule has 0 aromatic heterocycles. The average Bonchev–Trinajstić information content (AvgIpc) is 2.62. The van der Waals surface area contributed by atoms with Gasteiger partial charge in [-0.15, -0.1) is 0 Å². The lowest BCUT2D eigenvalue weighted by atomic mass is 9.77. The molecule has 1 aliphatic carbocycles. The number of carbonyl (C=O) groups is 1. The lowest BCUT2D eigenvalue weighted by molar-refractivity contribution is -0.135. The van der Waals surface area contributed by atoms with Crippen LogP contribution in [0.1, 0.15) is 39.0 Å². The second-order valence-electron chi connectivity index (χ2n) is 5.56. The van der Waals surface area contributed by atoms with Crippen molar-refractivity contribution in [1.29, 1.82) is 0 Å². The van der Waals surface area contributed by atoms with Crippen LogP contribution < -0.4 is 5.32 Å². The highest BCUT2D eigenvalue weighted by Crippen LogP contribution is 2.37. The Balaban J connectivity index is 1.78. The van der Waals surface area contributed by atoms with Crippen molar-refractivity contribution in [1.82, 2.24) is 5.32 Å². The number of methoxy groups -OCH3 is 1. The molecule has 1 heterocycles. The third-order valence-electron chi connectivity index (χ3n) is 4.43. The predicted octanol–water partition coefficient (Wildman–Crippen LogP) is 0.602. The molecular formula is C13H23NO4. The summed E-state index contributed by atoms with van der Waals surface area (Å²) < 4.78 is 10.7. The van der Waals surface area contributed by atoms with E-state index in [-0.39, 0.29) is 24.2 Å². The van der Waals surface area contributed by atoms with Crippen LogP contribution in [0, 0.1) is 0 Å². The largest absolute Gasteiger partial charge is 0.385 e. The van der Waals surface area contributed by atoms with E-state index in [9.17, 15) is 9.90 Å². The molecule has 0 aromatic carbocycles. The molecule has 18 heavy (non-hydrogen) atoms. The number of hydrogen-bond acceptors (Lipinski definition) is 4. The molecule has 1 aliphatic heterocycles.